The van der Waals surface area contributed by atoms with E-state index in [2.05, 4.69) is 13.8 Å². The number of likely N-dealkylation sites (tertiary alicyclic amines) is 1. The number of carbonyl (C=O) groups is 1. The summed E-state index contributed by atoms with van der Waals surface area (Å²) in [6, 6.07) is 0. The van der Waals surface area contributed by atoms with Gasteiger partial charge in [0.2, 0.25) is 5.91 Å². The molecular formula is C11H21NO2. The van der Waals surface area contributed by atoms with Crippen LogP contribution in [0.25, 0.3) is 0 Å². The maximum atomic E-state index is 11.6. The lowest BCUT2D eigenvalue weighted by atomic mass is 9.83. The first-order chi connectivity index (χ1) is 6.55. The van der Waals surface area contributed by atoms with Crippen molar-refractivity contribution in [1.82, 2.24) is 4.90 Å². The summed E-state index contributed by atoms with van der Waals surface area (Å²) in [6.45, 7) is 9.07. The number of rotatable bonds is 3. The van der Waals surface area contributed by atoms with E-state index in [9.17, 15) is 4.79 Å². The van der Waals surface area contributed by atoms with Gasteiger partial charge in [-0.1, -0.05) is 13.8 Å². The zero-order chi connectivity index (χ0) is 10.6. The van der Waals surface area contributed by atoms with Gasteiger partial charge in [-0.3, -0.25) is 4.79 Å². The molecule has 1 rings (SSSR count). The molecule has 0 spiro atoms. The van der Waals surface area contributed by atoms with Gasteiger partial charge in [0.25, 0.3) is 0 Å². The summed E-state index contributed by atoms with van der Waals surface area (Å²) in [5.41, 5.74) is 0.405. The molecule has 1 amide bonds. The first-order valence-corrected chi connectivity index (χ1v) is 5.41. The smallest absolute Gasteiger partial charge is 0.248 e. The molecule has 0 radical (unpaired) electrons. The summed E-state index contributed by atoms with van der Waals surface area (Å²) >= 11 is 0. The van der Waals surface area contributed by atoms with Crippen LogP contribution in [0.2, 0.25) is 0 Å². The van der Waals surface area contributed by atoms with E-state index in [4.69, 9.17) is 4.74 Å². The van der Waals surface area contributed by atoms with Gasteiger partial charge in [-0.25, -0.2) is 0 Å². The Bertz CT molecular complexity index is 191. The lowest BCUT2D eigenvalue weighted by Gasteiger charge is -2.36. The molecule has 1 aliphatic rings. The third-order valence-corrected chi connectivity index (χ3v) is 2.90. The van der Waals surface area contributed by atoms with Crippen LogP contribution in [0, 0.1) is 5.41 Å². The molecule has 1 heterocycles. The van der Waals surface area contributed by atoms with E-state index in [1.807, 2.05) is 11.8 Å². The summed E-state index contributed by atoms with van der Waals surface area (Å²) in [7, 11) is 0. The van der Waals surface area contributed by atoms with Crippen molar-refractivity contribution in [3.63, 3.8) is 0 Å². The van der Waals surface area contributed by atoms with Gasteiger partial charge in [0, 0.05) is 19.7 Å². The molecule has 0 aromatic carbocycles. The van der Waals surface area contributed by atoms with Crippen LogP contribution in [0.15, 0.2) is 0 Å². The fourth-order valence-corrected chi connectivity index (χ4v) is 1.64. The Morgan fingerprint density at radius 3 is 2.43 bits per heavy atom. The van der Waals surface area contributed by atoms with Crippen LogP contribution in [0.4, 0.5) is 0 Å². The van der Waals surface area contributed by atoms with Crippen LogP contribution < -0.4 is 0 Å². The third-order valence-electron chi connectivity index (χ3n) is 2.90. The van der Waals surface area contributed by atoms with E-state index in [1.165, 1.54) is 0 Å². The van der Waals surface area contributed by atoms with Crippen LogP contribution in [-0.2, 0) is 9.53 Å². The van der Waals surface area contributed by atoms with Crippen LogP contribution in [0.5, 0.6) is 0 Å². The highest BCUT2D eigenvalue weighted by molar-refractivity contribution is 5.77. The molecule has 0 unspecified atom stereocenters. The standard InChI is InChI=1S/C11H21NO2/c1-4-14-9-10(13)12-7-5-11(2,3)6-8-12/h4-9H2,1-3H3. The van der Waals surface area contributed by atoms with Gasteiger partial charge in [0.05, 0.1) is 0 Å². The summed E-state index contributed by atoms with van der Waals surface area (Å²) in [5.74, 6) is 0.141. The number of hydrogen-bond donors (Lipinski definition) is 0. The predicted molar refractivity (Wildman–Crippen MR) is 56.1 cm³/mol. The second-order valence-electron chi connectivity index (χ2n) is 4.68. The Kier molecular flexibility index (Phi) is 3.93. The topological polar surface area (TPSA) is 29.5 Å². The Hall–Kier alpha value is -0.570. The molecule has 3 nitrogen and oxygen atoms in total. The maximum absolute atomic E-state index is 11.6. The summed E-state index contributed by atoms with van der Waals surface area (Å²) in [4.78, 5) is 13.5. The quantitative estimate of drug-likeness (QED) is 0.692. The molecule has 0 atom stereocenters. The largest absolute Gasteiger partial charge is 0.372 e. The SMILES string of the molecule is CCOCC(=O)N1CCC(C)(C)CC1. The third kappa shape index (κ3) is 3.29. The van der Waals surface area contributed by atoms with Crippen LogP contribution in [0.1, 0.15) is 33.6 Å². The second-order valence-corrected chi connectivity index (χ2v) is 4.68. The van der Waals surface area contributed by atoms with Gasteiger partial charge in [-0.05, 0) is 25.2 Å². The minimum absolute atomic E-state index is 0.141. The minimum atomic E-state index is 0.141. The van der Waals surface area contributed by atoms with Gasteiger partial charge < -0.3 is 9.64 Å². The molecule has 0 aliphatic carbocycles. The highest BCUT2D eigenvalue weighted by atomic mass is 16.5. The van der Waals surface area contributed by atoms with Crippen molar-refractivity contribution in [1.29, 1.82) is 0 Å². The lowest BCUT2D eigenvalue weighted by molar-refractivity contribution is -0.138. The average molecular weight is 199 g/mol. The van der Waals surface area contributed by atoms with E-state index in [1.54, 1.807) is 0 Å². The van der Waals surface area contributed by atoms with Crippen molar-refractivity contribution in [2.24, 2.45) is 5.41 Å². The molecule has 1 aliphatic heterocycles. The summed E-state index contributed by atoms with van der Waals surface area (Å²) in [6.07, 6.45) is 2.20. The van der Waals surface area contributed by atoms with Crippen molar-refractivity contribution in [3.8, 4) is 0 Å². The van der Waals surface area contributed by atoms with Gasteiger partial charge in [0.1, 0.15) is 6.61 Å². The molecule has 1 saturated heterocycles. The molecule has 0 aromatic rings. The summed E-state index contributed by atoms with van der Waals surface area (Å²) < 4.78 is 5.11. The maximum Gasteiger partial charge on any atom is 0.248 e. The minimum Gasteiger partial charge on any atom is -0.372 e. The van der Waals surface area contributed by atoms with Crippen LogP contribution >= 0.6 is 0 Å². The van der Waals surface area contributed by atoms with E-state index < -0.39 is 0 Å². The lowest BCUT2D eigenvalue weighted by Crippen LogP contribution is -2.42. The van der Waals surface area contributed by atoms with Crippen molar-refractivity contribution >= 4 is 5.91 Å². The number of piperidine rings is 1. The summed E-state index contributed by atoms with van der Waals surface area (Å²) in [5, 5.41) is 0. The molecular weight excluding hydrogens is 178 g/mol. The Morgan fingerprint density at radius 2 is 1.93 bits per heavy atom. The fraction of sp³-hybridized carbons (Fsp3) is 0.909. The monoisotopic (exact) mass is 199 g/mol. The molecule has 0 aromatic heterocycles. The van der Waals surface area contributed by atoms with Crippen molar-refractivity contribution in [2.45, 2.75) is 33.6 Å². The number of nitrogens with zero attached hydrogens (tertiary/aromatic N) is 1. The average Bonchev–Trinajstić information content (AvgIpc) is 2.14. The molecule has 82 valence electrons. The number of ether oxygens (including phenoxy) is 1. The molecule has 0 bridgehead atoms. The van der Waals surface area contributed by atoms with Crippen LogP contribution in [0.3, 0.4) is 0 Å². The Labute approximate surface area is 86.4 Å². The van der Waals surface area contributed by atoms with E-state index in [0.717, 1.165) is 25.9 Å². The Morgan fingerprint density at radius 1 is 1.36 bits per heavy atom. The molecule has 0 saturated carbocycles. The van der Waals surface area contributed by atoms with Gasteiger partial charge in [-0.15, -0.1) is 0 Å². The predicted octanol–water partition coefficient (Wildman–Crippen LogP) is 1.67. The zero-order valence-corrected chi connectivity index (χ0v) is 9.51. The second kappa shape index (κ2) is 4.78. The molecule has 0 N–H and O–H groups in total. The van der Waals surface area contributed by atoms with Gasteiger partial charge in [-0.2, -0.15) is 0 Å². The zero-order valence-electron chi connectivity index (χ0n) is 9.51. The molecule has 3 heteroatoms. The van der Waals surface area contributed by atoms with E-state index in [-0.39, 0.29) is 12.5 Å². The molecule has 14 heavy (non-hydrogen) atoms. The number of hydrogen-bond acceptors (Lipinski definition) is 2. The first kappa shape index (κ1) is 11.5. The first-order valence-electron chi connectivity index (χ1n) is 5.41. The number of amides is 1. The highest BCUT2D eigenvalue weighted by Crippen LogP contribution is 2.29. The van der Waals surface area contributed by atoms with Crippen molar-refractivity contribution in [2.75, 3.05) is 26.3 Å². The van der Waals surface area contributed by atoms with Crippen molar-refractivity contribution in [3.05, 3.63) is 0 Å². The fourth-order valence-electron chi connectivity index (χ4n) is 1.64. The van der Waals surface area contributed by atoms with Gasteiger partial charge >= 0.3 is 0 Å². The highest BCUT2D eigenvalue weighted by Gasteiger charge is 2.27. The Balaban J connectivity index is 2.30. The molecule has 1 fully saturated rings. The normalized spacial score (nSPS) is 20.9. The van der Waals surface area contributed by atoms with Crippen molar-refractivity contribution < 1.29 is 9.53 Å². The van der Waals surface area contributed by atoms with E-state index in [0.29, 0.717) is 12.0 Å². The number of carbonyl (C=O) groups excluding carboxylic acids is 1. The van der Waals surface area contributed by atoms with Gasteiger partial charge in [0.15, 0.2) is 0 Å². The van der Waals surface area contributed by atoms with E-state index >= 15 is 0 Å². The van der Waals surface area contributed by atoms with Crippen LogP contribution in [-0.4, -0.2) is 37.1 Å².